The molecule has 0 aromatic heterocycles. The lowest BCUT2D eigenvalue weighted by atomic mass is 10.1. The van der Waals surface area contributed by atoms with E-state index in [0.29, 0.717) is 12.8 Å². The van der Waals surface area contributed by atoms with Gasteiger partial charge in [-0.3, -0.25) is 23.4 Å². The number of carboxylic acid groups (broad SMARTS) is 1. The predicted octanol–water partition coefficient (Wildman–Crippen LogP) is 10.5. The first-order valence-electron chi connectivity index (χ1n) is 20.7. The average Bonchev–Trinajstić information content (AvgIpc) is 3.12. The highest BCUT2D eigenvalue weighted by atomic mass is 31.2. The third kappa shape index (κ3) is 35.3. The highest BCUT2D eigenvalue weighted by Crippen LogP contribution is 2.43. The number of hydrogen-bond donors (Lipinski definition) is 3. The summed E-state index contributed by atoms with van der Waals surface area (Å²) in [4.78, 5) is 45.8. The number of ether oxygens (including phenoxy) is 2. The van der Waals surface area contributed by atoms with E-state index in [0.717, 1.165) is 44.9 Å². The number of carboxylic acids is 1. The quantitative estimate of drug-likeness (QED) is 0.0235. The molecule has 0 rings (SSSR count). The van der Waals surface area contributed by atoms with Gasteiger partial charge < -0.3 is 25.2 Å². The highest BCUT2D eigenvalue weighted by Gasteiger charge is 2.28. The van der Waals surface area contributed by atoms with Crippen LogP contribution >= 0.6 is 7.82 Å². The number of esters is 2. The molecule has 3 atom stereocenters. The molecule has 0 aromatic rings. The molecule has 0 heterocycles. The predicted molar refractivity (Wildman–Crippen MR) is 208 cm³/mol. The first-order chi connectivity index (χ1) is 25.1. The number of phosphoric ester groups is 1. The number of carbonyl (C=O) groups is 3. The van der Waals surface area contributed by atoms with Gasteiger partial charge in [0.05, 0.1) is 13.2 Å². The second-order valence-electron chi connectivity index (χ2n) is 14.1. The summed E-state index contributed by atoms with van der Waals surface area (Å²) in [6.07, 6.45) is 34.2. The van der Waals surface area contributed by atoms with Crippen LogP contribution in [0.4, 0.5) is 0 Å². The maximum Gasteiger partial charge on any atom is 0.472 e. The number of unbranched alkanes of at least 4 members (excludes halogenated alkanes) is 23. The Morgan fingerprint density at radius 2 is 0.962 bits per heavy atom. The molecule has 0 aliphatic heterocycles. The van der Waals surface area contributed by atoms with Crippen LogP contribution in [0.15, 0.2) is 12.2 Å². The Hall–Kier alpha value is -1.78. The van der Waals surface area contributed by atoms with Gasteiger partial charge in [-0.25, -0.2) is 4.57 Å². The van der Waals surface area contributed by atoms with Crippen LogP contribution in [0.25, 0.3) is 0 Å². The lowest BCUT2D eigenvalue weighted by molar-refractivity contribution is -0.161. The van der Waals surface area contributed by atoms with Gasteiger partial charge in [-0.05, 0) is 38.5 Å². The van der Waals surface area contributed by atoms with Crippen LogP contribution in [0.5, 0.6) is 0 Å². The molecule has 11 nitrogen and oxygen atoms in total. The maximum atomic E-state index is 12.6. The van der Waals surface area contributed by atoms with Gasteiger partial charge >= 0.3 is 25.7 Å². The van der Waals surface area contributed by atoms with E-state index in [1.165, 1.54) is 109 Å². The maximum absolute atomic E-state index is 12.6. The topological polar surface area (TPSA) is 172 Å². The van der Waals surface area contributed by atoms with Crippen molar-refractivity contribution in [2.24, 2.45) is 5.73 Å². The normalized spacial score (nSPS) is 13.9. The van der Waals surface area contributed by atoms with Crippen molar-refractivity contribution in [1.82, 2.24) is 0 Å². The van der Waals surface area contributed by atoms with E-state index in [-0.39, 0.29) is 19.4 Å². The van der Waals surface area contributed by atoms with E-state index >= 15 is 0 Å². The molecule has 0 bridgehead atoms. The number of nitrogens with two attached hydrogens (primary N) is 1. The van der Waals surface area contributed by atoms with Crippen LogP contribution in [0, 0.1) is 0 Å². The van der Waals surface area contributed by atoms with Gasteiger partial charge in [0.1, 0.15) is 12.6 Å². The fourth-order valence-electron chi connectivity index (χ4n) is 5.71. The standard InChI is InChI=1S/C40H76NO10P/c1-3-5-7-9-11-13-15-16-17-18-19-20-22-24-26-28-30-32-39(43)51-36(34-49-52(46,47)50-35-37(41)40(44)45)33-48-38(42)31-29-27-25-23-21-14-12-10-8-6-4-2/h16-17,36-37H,3-15,18-35,41H2,1-2H3,(H,44,45)(H,46,47)/b17-16-/t36-,37+/m1/s1. The third-order valence-corrected chi connectivity index (χ3v) is 9.96. The number of rotatable bonds is 39. The first-order valence-corrected chi connectivity index (χ1v) is 22.2. The van der Waals surface area contributed by atoms with E-state index in [1.807, 2.05) is 0 Å². The van der Waals surface area contributed by atoms with Crippen molar-refractivity contribution in [2.45, 2.75) is 206 Å². The zero-order valence-electron chi connectivity index (χ0n) is 32.9. The summed E-state index contributed by atoms with van der Waals surface area (Å²) >= 11 is 0. The van der Waals surface area contributed by atoms with E-state index in [9.17, 15) is 23.8 Å². The van der Waals surface area contributed by atoms with E-state index in [4.69, 9.17) is 24.8 Å². The number of aliphatic carboxylic acids is 1. The second-order valence-corrected chi connectivity index (χ2v) is 15.6. The van der Waals surface area contributed by atoms with Crippen molar-refractivity contribution >= 4 is 25.7 Å². The van der Waals surface area contributed by atoms with Crippen LogP contribution in [0.3, 0.4) is 0 Å². The second kappa shape index (κ2) is 36.2. The van der Waals surface area contributed by atoms with Gasteiger partial charge in [0.25, 0.3) is 0 Å². The van der Waals surface area contributed by atoms with E-state index in [1.54, 1.807) is 0 Å². The van der Waals surface area contributed by atoms with Crippen LogP contribution < -0.4 is 5.73 Å². The van der Waals surface area contributed by atoms with Crippen LogP contribution in [0.1, 0.15) is 194 Å². The first kappa shape index (κ1) is 50.2. The van der Waals surface area contributed by atoms with Crippen molar-refractivity contribution in [3.05, 3.63) is 12.2 Å². The SMILES string of the molecule is CCCCCCCC/C=C\CCCCCCCCCC(=O)O[C@H](COC(=O)CCCCCCCCCCCCC)COP(=O)(O)OC[C@H](N)C(=O)O. The third-order valence-electron chi connectivity index (χ3n) is 9.01. The van der Waals surface area contributed by atoms with Crippen molar-refractivity contribution in [2.75, 3.05) is 19.8 Å². The highest BCUT2D eigenvalue weighted by molar-refractivity contribution is 7.47. The summed E-state index contributed by atoms with van der Waals surface area (Å²) in [6, 6.07) is -1.52. The molecule has 0 fully saturated rings. The minimum atomic E-state index is -4.71. The Labute approximate surface area is 316 Å². The van der Waals surface area contributed by atoms with Gasteiger partial charge in [-0.2, -0.15) is 0 Å². The smallest absolute Gasteiger partial charge is 0.472 e. The average molecular weight is 762 g/mol. The molecule has 1 unspecified atom stereocenters. The van der Waals surface area contributed by atoms with Gasteiger partial charge in [0.15, 0.2) is 6.10 Å². The van der Waals surface area contributed by atoms with Gasteiger partial charge in [-0.1, -0.05) is 154 Å². The molecule has 0 amide bonds. The minimum absolute atomic E-state index is 0.160. The Morgan fingerprint density at radius 3 is 1.40 bits per heavy atom. The van der Waals surface area contributed by atoms with Gasteiger partial charge in [0.2, 0.25) is 0 Å². The van der Waals surface area contributed by atoms with Crippen molar-refractivity contribution in [1.29, 1.82) is 0 Å². The Balaban J connectivity index is 4.36. The van der Waals surface area contributed by atoms with Crippen molar-refractivity contribution < 1.29 is 47.5 Å². The number of carbonyl (C=O) groups excluding carboxylic acids is 2. The van der Waals surface area contributed by atoms with Crippen molar-refractivity contribution in [3.63, 3.8) is 0 Å². The Morgan fingerprint density at radius 1 is 0.577 bits per heavy atom. The molecule has 0 saturated carbocycles. The lowest BCUT2D eigenvalue weighted by Crippen LogP contribution is -2.34. The fourth-order valence-corrected chi connectivity index (χ4v) is 6.48. The summed E-state index contributed by atoms with van der Waals surface area (Å²) in [5, 5.41) is 8.87. The number of phosphoric acid groups is 1. The molecule has 0 aromatic carbocycles. The summed E-state index contributed by atoms with van der Waals surface area (Å²) in [6.45, 7) is 2.79. The summed E-state index contributed by atoms with van der Waals surface area (Å²) < 4.78 is 32.6. The van der Waals surface area contributed by atoms with E-state index < -0.39 is 51.1 Å². The van der Waals surface area contributed by atoms with Gasteiger partial charge in [0, 0.05) is 12.8 Å². The molecule has 0 aliphatic rings. The molecule has 0 saturated heterocycles. The molecule has 0 aliphatic carbocycles. The summed E-state index contributed by atoms with van der Waals surface area (Å²) in [7, 11) is -4.71. The number of allylic oxidation sites excluding steroid dienone is 2. The Kier molecular flexibility index (Phi) is 35.0. The zero-order chi connectivity index (χ0) is 38.5. The number of hydrogen-bond acceptors (Lipinski definition) is 9. The molecule has 12 heteroatoms. The molecule has 0 radical (unpaired) electrons. The molecule has 52 heavy (non-hydrogen) atoms. The van der Waals surface area contributed by atoms with Crippen molar-refractivity contribution in [3.8, 4) is 0 Å². The van der Waals surface area contributed by atoms with Crippen LogP contribution in [0.2, 0.25) is 0 Å². The molecule has 0 spiro atoms. The Bertz CT molecular complexity index is 947. The molecule has 4 N–H and O–H groups in total. The van der Waals surface area contributed by atoms with Gasteiger partial charge in [-0.15, -0.1) is 0 Å². The van der Waals surface area contributed by atoms with Crippen LogP contribution in [-0.4, -0.2) is 59.9 Å². The van der Waals surface area contributed by atoms with Crippen LogP contribution in [-0.2, 0) is 37.5 Å². The summed E-state index contributed by atoms with van der Waals surface area (Å²) in [5.41, 5.74) is 5.32. The minimum Gasteiger partial charge on any atom is -0.480 e. The fraction of sp³-hybridized carbons (Fsp3) is 0.875. The largest absolute Gasteiger partial charge is 0.480 e. The molecular weight excluding hydrogens is 685 g/mol. The monoisotopic (exact) mass is 762 g/mol. The molecular formula is C40H76NO10P. The lowest BCUT2D eigenvalue weighted by Gasteiger charge is -2.20. The molecule has 306 valence electrons. The zero-order valence-corrected chi connectivity index (χ0v) is 33.8. The van der Waals surface area contributed by atoms with E-state index in [2.05, 4.69) is 30.5 Å². The summed E-state index contributed by atoms with van der Waals surface area (Å²) in [5.74, 6) is -2.38.